The Hall–Kier alpha value is -3.54. The number of carbonyl (C=O) groups excluding carboxylic acids is 2. The Balaban J connectivity index is 1.19. The van der Waals surface area contributed by atoms with E-state index in [1.165, 1.54) is 0 Å². The molecular formula is C21H24N8O3S. The number of pyridine rings is 1. The Bertz CT molecular complexity index is 1200. The highest BCUT2D eigenvalue weighted by Crippen LogP contribution is 2.35. The SMILES string of the molecule is O=C(NCCCn1ccnc1)c1nnsc1NC(=O)N1C[C@H]2C[C@@H](C1)c1cccc(=O)n1C2. The summed E-state index contributed by atoms with van der Waals surface area (Å²) in [6, 6.07) is 5.04. The lowest BCUT2D eigenvalue weighted by molar-refractivity contribution is 0.0948. The number of piperidine rings is 1. The molecule has 11 nitrogen and oxygen atoms in total. The van der Waals surface area contributed by atoms with E-state index in [0.717, 1.165) is 36.6 Å². The molecule has 5 heterocycles. The third kappa shape index (κ3) is 4.51. The molecule has 0 spiro atoms. The zero-order valence-electron chi connectivity index (χ0n) is 17.9. The summed E-state index contributed by atoms with van der Waals surface area (Å²) >= 11 is 0.981. The first-order chi connectivity index (χ1) is 16.1. The number of anilines is 1. The molecule has 1 saturated heterocycles. The van der Waals surface area contributed by atoms with Gasteiger partial charge in [-0.25, -0.2) is 9.78 Å². The van der Waals surface area contributed by atoms with E-state index in [4.69, 9.17) is 0 Å². The minimum Gasteiger partial charge on any atom is -0.350 e. The van der Waals surface area contributed by atoms with Crippen LogP contribution < -0.4 is 16.2 Å². The van der Waals surface area contributed by atoms with Crippen LogP contribution in [0.5, 0.6) is 0 Å². The molecule has 2 atom stereocenters. The lowest BCUT2D eigenvalue weighted by Gasteiger charge is -2.42. The van der Waals surface area contributed by atoms with Crippen LogP contribution in [0.25, 0.3) is 0 Å². The van der Waals surface area contributed by atoms with Crippen molar-refractivity contribution in [2.75, 3.05) is 25.0 Å². The molecule has 2 N–H and O–H groups in total. The first-order valence-corrected chi connectivity index (χ1v) is 11.7. The lowest BCUT2D eigenvalue weighted by Crippen LogP contribution is -2.50. The zero-order chi connectivity index (χ0) is 22.8. The van der Waals surface area contributed by atoms with Gasteiger partial charge in [-0.15, -0.1) is 5.10 Å². The van der Waals surface area contributed by atoms with Gasteiger partial charge in [0.2, 0.25) is 0 Å². The van der Waals surface area contributed by atoms with Gasteiger partial charge in [0.25, 0.3) is 11.5 Å². The van der Waals surface area contributed by atoms with Crippen molar-refractivity contribution in [3.63, 3.8) is 0 Å². The highest BCUT2D eigenvalue weighted by Gasteiger charge is 2.36. The van der Waals surface area contributed by atoms with Crippen LogP contribution in [0.3, 0.4) is 0 Å². The molecule has 3 amide bonds. The maximum atomic E-state index is 13.0. The van der Waals surface area contributed by atoms with Crippen LogP contribution in [0.15, 0.2) is 41.7 Å². The standard InChI is InChI=1S/C21H24N8O3S/c30-17-4-1-3-16-15-9-14(11-29(16)17)10-28(12-15)21(32)24-20-18(25-26-33-20)19(31)23-5-2-7-27-8-6-22-13-27/h1,3-4,6,8,13-15H,2,5,7,9-12H2,(H,23,31)(H,24,32)/t14-,15+/m1/s1. The molecule has 0 aliphatic carbocycles. The van der Waals surface area contributed by atoms with Crippen LogP contribution in [-0.4, -0.2) is 60.2 Å². The van der Waals surface area contributed by atoms with Crippen molar-refractivity contribution >= 4 is 28.5 Å². The molecule has 0 unspecified atom stereocenters. The highest BCUT2D eigenvalue weighted by molar-refractivity contribution is 7.10. The summed E-state index contributed by atoms with van der Waals surface area (Å²) < 4.78 is 7.62. The largest absolute Gasteiger partial charge is 0.350 e. The number of hydrogen-bond acceptors (Lipinski definition) is 7. The van der Waals surface area contributed by atoms with E-state index in [9.17, 15) is 14.4 Å². The van der Waals surface area contributed by atoms with Gasteiger partial charge in [0, 0.05) is 74.3 Å². The van der Waals surface area contributed by atoms with E-state index in [-0.39, 0.29) is 35.0 Å². The van der Waals surface area contributed by atoms with Crippen LogP contribution in [-0.2, 0) is 13.1 Å². The zero-order valence-corrected chi connectivity index (χ0v) is 18.7. The van der Waals surface area contributed by atoms with E-state index in [1.54, 1.807) is 29.6 Å². The van der Waals surface area contributed by atoms with Crippen molar-refractivity contribution in [2.45, 2.75) is 31.8 Å². The summed E-state index contributed by atoms with van der Waals surface area (Å²) in [5, 5.41) is 9.88. The Morgan fingerprint density at radius 1 is 1.21 bits per heavy atom. The fraction of sp³-hybridized carbons (Fsp3) is 0.429. The van der Waals surface area contributed by atoms with E-state index in [2.05, 4.69) is 25.2 Å². The minimum atomic E-state index is -0.367. The summed E-state index contributed by atoms with van der Waals surface area (Å²) in [4.78, 5) is 43.5. The van der Waals surface area contributed by atoms with Gasteiger partial charge >= 0.3 is 6.03 Å². The minimum absolute atomic E-state index is 0.0107. The quantitative estimate of drug-likeness (QED) is 0.526. The molecule has 33 heavy (non-hydrogen) atoms. The molecule has 0 saturated carbocycles. The fourth-order valence-corrected chi connectivity index (χ4v) is 5.18. The number of likely N-dealkylation sites (tertiary alicyclic amines) is 1. The van der Waals surface area contributed by atoms with Crippen molar-refractivity contribution in [1.82, 2.24) is 33.9 Å². The van der Waals surface area contributed by atoms with Crippen LogP contribution in [0.4, 0.5) is 9.80 Å². The summed E-state index contributed by atoms with van der Waals surface area (Å²) in [6.07, 6.45) is 7.00. The maximum Gasteiger partial charge on any atom is 0.322 e. The predicted octanol–water partition coefficient (Wildman–Crippen LogP) is 1.37. The second-order valence-corrected chi connectivity index (χ2v) is 9.15. The molecule has 1 fully saturated rings. The van der Waals surface area contributed by atoms with Crippen molar-refractivity contribution < 1.29 is 9.59 Å². The Labute approximate surface area is 193 Å². The topological polar surface area (TPSA) is 127 Å². The molecule has 3 aromatic rings. The number of aromatic nitrogens is 5. The van der Waals surface area contributed by atoms with Crippen molar-refractivity contribution in [1.29, 1.82) is 0 Å². The number of urea groups is 1. The smallest absolute Gasteiger partial charge is 0.322 e. The van der Waals surface area contributed by atoms with Gasteiger partial charge in [-0.05, 0) is 24.8 Å². The van der Waals surface area contributed by atoms with Gasteiger partial charge in [-0.1, -0.05) is 10.6 Å². The van der Waals surface area contributed by atoms with Crippen molar-refractivity contribution in [3.8, 4) is 0 Å². The maximum absolute atomic E-state index is 13.0. The number of fused-ring (bicyclic) bond motifs is 4. The molecule has 0 radical (unpaired) electrons. The van der Waals surface area contributed by atoms with Gasteiger partial charge in [0.1, 0.15) is 0 Å². The molecule has 2 aliphatic heterocycles. The number of carbonyl (C=O) groups is 2. The Morgan fingerprint density at radius 3 is 2.97 bits per heavy atom. The number of imidazole rings is 1. The summed E-state index contributed by atoms with van der Waals surface area (Å²) in [6.45, 7) is 2.91. The summed E-state index contributed by atoms with van der Waals surface area (Å²) in [5.74, 6) is -0.0246. The molecule has 0 aromatic carbocycles. The fourth-order valence-electron chi connectivity index (χ4n) is 4.63. The average Bonchev–Trinajstić information content (AvgIpc) is 3.49. The third-order valence-electron chi connectivity index (χ3n) is 6.13. The van der Waals surface area contributed by atoms with Crippen LogP contribution >= 0.6 is 11.5 Å². The van der Waals surface area contributed by atoms with E-state index in [1.807, 2.05) is 21.4 Å². The van der Waals surface area contributed by atoms with Gasteiger partial charge in [-0.3, -0.25) is 14.9 Å². The number of rotatable bonds is 6. The van der Waals surface area contributed by atoms with Crippen molar-refractivity contribution in [2.24, 2.45) is 5.92 Å². The molecule has 12 heteroatoms. The normalized spacial score (nSPS) is 19.1. The highest BCUT2D eigenvalue weighted by atomic mass is 32.1. The Kier molecular flexibility index (Phi) is 5.90. The molecule has 2 aliphatic rings. The number of nitrogens with one attached hydrogen (secondary N) is 2. The Morgan fingerprint density at radius 2 is 2.12 bits per heavy atom. The van der Waals surface area contributed by atoms with Crippen LogP contribution in [0, 0.1) is 5.92 Å². The first-order valence-electron chi connectivity index (χ1n) is 10.9. The lowest BCUT2D eigenvalue weighted by atomic mass is 9.83. The van der Waals surface area contributed by atoms with Crippen molar-refractivity contribution in [3.05, 3.63) is 58.7 Å². The third-order valence-corrected chi connectivity index (χ3v) is 6.77. The van der Waals surface area contributed by atoms with E-state index >= 15 is 0 Å². The number of amides is 3. The second-order valence-electron chi connectivity index (χ2n) is 8.39. The number of nitrogens with zero attached hydrogens (tertiary/aromatic N) is 6. The molecular weight excluding hydrogens is 444 g/mol. The molecule has 5 rings (SSSR count). The van der Waals surface area contributed by atoms with Gasteiger partial charge in [0.05, 0.1) is 6.33 Å². The summed E-state index contributed by atoms with van der Waals surface area (Å²) in [5.41, 5.74) is 1.10. The monoisotopic (exact) mass is 468 g/mol. The first kappa shape index (κ1) is 21.3. The van der Waals surface area contributed by atoms with Gasteiger partial charge < -0.3 is 19.4 Å². The van der Waals surface area contributed by atoms with Crippen LogP contribution in [0.2, 0.25) is 0 Å². The molecule has 2 bridgehead atoms. The van der Waals surface area contributed by atoms with E-state index in [0.29, 0.717) is 31.2 Å². The van der Waals surface area contributed by atoms with Crippen LogP contribution in [0.1, 0.15) is 34.9 Å². The van der Waals surface area contributed by atoms with E-state index < -0.39 is 0 Å². The summed E-state index contributed by atoms with van der Waals surface area (Å²) in [7, 11) is 0. The molecule has 172 valence electrons. The average molecular weight is 469 g/mol. The molecule has 3 aromatic heterocycles. The number of aryl methyl sites for hydroxylation is 1. The van der Waals surface area contributed by atoms with Gasteiger partial charge in [-0.2, -0.15) is 0 Å². The second kappa shape index (κ2) is 9.14. The number of hydrogen-bond donors (Lipinski definition) is 2. The van der Waals surface area contributed by atoms with Gasteiger partial charge in [0.15, 0.2) is 10.7 Å². The predicted molar refractivity (Wildman–Crippen MR) is 121 cm³/mol.